The summed E-state index contributed by atoms with van der Waals surface area (Å²) >= 11 is 0. The van der Waals surface area contributed by atoms with Gasteiger partial charge in [-0.3, -0.25) is 0 Å². The summed E-state index contributed by atoms with van der Waals surface area (Å²) in [6.45, 7) is 16.7. The molecule has 0 radical (unpaired) electrons. The van der Waals surface area contributed by atoms with Crippen LogP contribution in [0, 0.1) is 5.92 Å². The highest BCUT2D eigenvalue weighted by atomic mass is 15.2. The lowest BCUT2D eigenvalue weighted by atomic mass is 10.1. The molecule has 1 aliphatic heterocycles. The summed E-state index contributed by atoms with van der Waals surface area (Å²) in [6.07, 6.45) is 2.67. The van der Waals surface area contributed by atoms with E-state index in [-0.39, 0.29) is 0 Å². The van der Waals surface area contributed by atoms with Crippen LogP contribution in [0.15, 0.2) is 0 Å². The molecule has 0 bridgehead atoms. The highest BCUT2D eigenvalue weighted by molar-refractivity contribution is 4.80. The molecule has 1 fully saturated rings. The van der Waals surface area contributed by atoms with Gasteiger partial charge in [-0.25, -0.2) is 0 Å². The topological polar surface area (TPSA) is 6.48 Å². The minimum atomic E-state index is 0.702. The van der Waals surface area contributed by atoms with Crippen LogP contribution in [0.5, 0.6) is 0 Å². The van der Waals surface area contributed by atoms with Gasteiger partial charge in [0.1, 0.15) is 0 Å². The van der Waals surface area contributed by atoms with E-state index in [9.17, 15) is 0 Å². The Bertz CT molecular complexity index is 189. The zero-order chi connectivity index (χ0) is 12.1. The van der Waals surface area contributed by atoms with Crippen LogP contribution in [-0.4, -0.2) is 48.1 Å². The van der Waals surface area contributed by atoms with E-state index < -0.39 is 0 Å². The minimum Gasteiger partial charge on any atom is -0.301 e. The lowest BCUT2D eigenvalue weighted by molar-refractivity contribution is 0.181. The van der Waals surface area contributed by atoms with Gasteiger partial charge in [-0.05, 0) is 59.5 Å². The molecule has 0 aromatic rings. The maximum atomic E-state index is 2.65. The summed E-state index contributed by atoms with van der Waals surface area (Å²) in [5, 5.41) is 0. The van der Waals surface area contributed by atoms with Crippen molar-refractivity contribution < 1.29 is 0 Å². The van der Waals surface area contributed by atoms with Gasteiger partial charge in [-0.1, -0.05) is 6.92 Å². The second kappa shape index (κ2) is 6.61. The Morgan fingerprint density at radius 1 is 1.25 bits per heavy atom. The molecule has 16 heavy (non-hydrogen) atoms. The van der Waals surface area contributed by atoms with Crippen molar-refractivity contribution in [2.45, 2.75) is 59.5 Å². The predicted molar refractivity (Wildman–Crippen MR) is 71.8 cm³/mol. The maximum Gasteiger partial charge on any atom is 0.00387 e. The summed E-state index contributed by atoms with van der Waals surface area (Å²) in [4.78, 5) is 5.27. The van der Waals surface area contributed by atoms with Crippen LogP contribution in [-0.2, 0) is 0 Å². The minimum absolute atomic E-state index is 0.702. The van der Waals surface area contributed by atoms with Crippen LogP contribution in [0.2, 0.25) is 0 Å². The average Bonchev–Trinajstić information content (AvgIpc) is 2.65. The zero-order valence-electron chi connectivity index (χ0n) is 11.9. The largest absolute Gasteiger partial charge is 0.301 e. The van der Waals surface area contributed by atoms with E-state index in [2.05, 4.69) is 44.4 Å². The number of nitrogens with zero attached hydrogens (tertiary/aromatic N) is 2. The van der Waals surface area contributed by atoms with Crippen LogP contribution in [0.1, 0.15) is 47.5 Å². The van der Waals surface area contributed by atoms with Crippen molar-refractivity contribution in [2.75, 3.05) is 26.2 Å². The molecule has 96 valence electrons. The van der Waals surface area contributed by atoms with Crippen LogP contribution in [0.3, 0.4) is 0 Å². The molecule has 0 N–H and O–H groups in total. The average molecular weight is 226 g/mol. The molecule has 1 heterocycles. The van der Waals surface area contributed by atoms with Crippen molar-refractivity contribution >= 4 is 0 Å². The monoisotopic (exact) mass is 226 g/mol. The van der Waals surface area contributed by atoms with Crippen LogP contribution in [0.4, 0.5) is 0 Å². The molecule has 2 nitrogen and oxygen atoms in total. The van der Waals surface area contributed by atoms with Gasteiger partial charge in [0.15, 0.2) is 0 Å². The normalized spacial score (nSPS) is 22.9. The van der Waals surface area contributed by atoms with E-state index >= 15 is 0 Å². The highest BCUT2D eigenvalue weighted by Crippen LogP contribution is 2.20. The molecular weight excluding hydrogens is 196 g/mol. The van der Waals surface area contributed by atoms with E-state index in [1.807, 2.05) is 0 Å². The van der Waals surface area contributed by atoms with E-state index in [1.54, 1.807) is 0 Å². The Kier molecular flexibility index (Phi) is 5.77. The number of hydrogen-bond acceptors (Lipinski definition) is 2. The van der Waals surface area contributed by atoms with Gasteiger partial charge in [0.25, 0.3) is 0 Å². The van der Waals surface area contributed by atoms with E-state index in [4.69, 9.17) is 0 Å². The third-order valence-corrected chi connectivity index (χ3v) is 3.78. The van der Waals surface area contributed by atoms with Crippen molar-refractivity contribution in [1.29, 1.82) is 0 Å². The first-order chi connectivity index (χ1) is 7.54. The SMILES string of the molecule is CCCN(CC1CCN(C(C)C)C1)C(C)C. The van der Waals surface area contributed by atoms with Crippen molar-refractivity contribution in [1.82, 2.24) is 9.80 Å². The van der Waals surface area contributed by atoms with Gasteiger partial charge in [0.2, 0.25) is 0 Å². The number of rotatable bonds is 6. The molecule has 2 heteroatoms. The Morgan fingerprint density at radius 3 is 2.38 bits per heavy atom. The maximum absolute atomic E-state index is 2.65. The number of likely N-dealkylation sites (tertiary alicyclic amines) is 1. The highest BCUT2D eigenvalue weighted by Gasteiger charge is 2.26. The fraction of sp³-hybridized carbons (Fsp3) is 1.00. The molecule has 0 saturated carbocycles. The fourth-order valence-corrected chi connectivity index (χ4v) is 2.66. The summed E-state index contributed by atoms with van der Waals surface area (Å²) < 4.78 is 0. The van der Waals surface area contributed by atoms with E-state index in [0.29, 0.717) is 6.04 Å². The standard InChI is InChI=1S/C14H30N2/c1-6-8-15(12(2)3)10-14-7-9-16(11-14)13(4)5/h12-14H,6-11H2,1-5H3. The number of hydrogen-bond donors (Lipinski definition) is 0. The molecule has 1 atom stereocenters. The molecular formula is C14H30N2. The van der Waals surface area contributed by atoms with Crippen LogP contribution >= 0.6 is 0 Å². The molecule has 0 amide bonds. The molecule has 0 aromatic carbocycles. The van der Waals surface area contributed by atoms with Crippen molar-refractivity contribution in [2.24, 2.45) is 5.92 Å². The van der Waals surface area contributed by atoms with Gasteiger partial charge in [-0.2, -0.15) is 0 Å². The molecule has 1 aliphatic rings. The van der Waals surface area contributed by atoms with E-state index in [1.165, 1.54) is 39.0 Å². The van der Waals surface area contributed by atoms with Gasteiger partial charge in [-0.15, -0.1) is 0 Å². The first kappa shape index (κ1) is 14.0. The first-order valence-corrected chi connectivity index (χ1v) is 7.02. The van der Waals surface area contributed by atoms with E-state index in [0.717, 1.165) is 12.0 Å². The first-order valence-electron chi connectivity index (χ1n) is 7.02. The third-order valence-electron chi connectivity index (χ3n) is 3.78. The predicted octanol–water partition coefficient (Wildman–Crippen LogP) is 2.84. The van der Waals surface area contributed by atoms with Crippen molar-refractivity contribution in [3.63, 3.8) is 0 Å². The summed E-state index contributed by atoms with van der Waals surface area (Å²) in [7, 11) is 0. The van der Waals surface area contributed by atoms with Crippen molar-refractivity contribution in [3.05, 3.63) is 0 Å². The smallest absolute Gasteiger partial charge is 0.00387 e. The Labute approximate surface area is 102 Å². The zero-order valence-corrected chi connectivity index (χ0v) is 11.9. The molecule has 1 unspecified atom stereocenters. The molecule has 0 spiro atoms. The fourth-order valence-electron chi connectivity index (χ4n) is 2.66. The molecule has 1 rings (SSSR count). The third kappa shape index (κ3) is 4.06. The Hall–Kier alpha value is -0.0800. The summed E-state index contributed by atoms with van der Waals surface area (Å²) in [5.41, 5.74) is 0. The summed E-state index contributed by atoms with van der Waals surface area (Å²) in [6, 6.07) is 1.43. The lowest BCUT2D eigenvalue weighted by Crippen LogP contribution is -2.37. The van der Waals surface area contributed by atoms with Crippen molar-refractivity contribution in [3.8, 4) is 0 Å². The molecule has 0 aromatic heterocycles. The quantitative estimate of drug-likeness (QED) is 0.687. The second-order valence-electron chi connectivity index (χ2n) is 5.83. The molecule has 1 saturated heterocycles. The van der Waals surface area contributed by atoms with Crippen LogP contribution < -0.4 is 0 Å². The molecule has 0 aliphatic carbocycles. The Balaban J connectivity index is 2.36. The summed E-state index contributed by atoms with van der Waals surface area (Å²) in [5.74, 6) is 0.899. The lowest BCUT2D eigenvalue weighted by Gasteiger charge is -2.29. The van der Waals surface area contributed by atoms with Gasteiger partial charge < -0.3 is 9.80 Å². The van der Waals surface area contributed by atoms with Gasteiger partial charge in [0, 0.05) is 25.2 Å². The van der Waals surface area contributed by atoms with Gasteiger partial charge >= 0.3 is 0 Å². The van der Waals surface area contributed by atoms with Gasteiger partial charge in [0.05, 0.1) is 0 Å². The Morgan fingerprint density at radius 2 is 1.94 bits per heavy atom. The second-order valence-corrected chi connectivity index (χ2v) is 5.83. The van der Waals surface area contributed by atoms with Crippen LogP contribution in [0.25, 0.3) is 0 Å².